The van der Waals surface area contributed by atoms with Crippen LogP contribution < -0.4 is 9.62 Å². The van der Waals surface area contributed by atoms with Crippen LogP contribution in [0.4, 0.5) is 5.69 Å². The number of nitrogens with one attached hydrogen (secondary N) is 1. The zero-order valence-corrected chi connectivity index (χ0v) is 16.7. The SMILES string of the molecule is C[C@H]1C[C@H](NS(=O)(=O)c2cc3c4c(c2)CCN4C(=O)CC3)CC(C)(C)C1. The van der Waals surface area contributed by atoms with Gasteiger partial charge in [0.15, 0.2) is 0 Å². The molecule has 5 nitrogen and oxygen atoms in total. The number of carbonyl (C=O) groups excluding carboxylic acids is 1. The largest absolute Gasteiger partial charge is 0.312 e. The predicted octanol–water partition coefficient (Wildman–Crippen LogP) is 3.02. The molecule has 0 spiro atoms. The van der Waals surface area contributed by atoms with Gasteiger partial charge in [0.25, 0.3) is 0 Å². The highest BCUT2D eigenvalue weighted by Crippen LogP contribution is 2.40. The standard InChI is InChI=1S/C20H28N2O3S/c1-13-8-16(12-20(2,3)11-13)21-26(24,25)17-9-14-4-5-18(23)22-7-6-15(10-17)19(14)22/h9-10,13,16,21H,4-8,11-12H2,1-3H3/t13-,16-/m0/s1. The maximum absolute atomic E-state index is 13.1. The summed E-state index contributed by atoms with van der Waals surface area (Å²) in [5.74, 6) is 0.676. The molecule has 2 atom stereocenters. The van der Waals surface area contributed by atoms with Gasteiger partial charge < -0.3 is 4.90 Å². The molecule has 1 amide bonds. The Hall–Kier alpha value is -1.40. The molecule has 0 unspecified atom stereocenters. The van der Waals surface area contributed by atoms with Gasteiger partial charge in [-0.3, -0.25) is 4.79 Å². The van der Waals surface area contributed by atoms with Crippen molar-refractivity contribution in [3.05, 3.63) is 23.3 Å². The molecule has 0 aromatic heterocycles. The van der Waals surface area contributed by atoms with Crippen molar-refractivity contribution < 1.29 is 13.2 Å². The number of aryl methyl sites for hydroxylation is 1. The maximum Gasteiger partial charge on any atom is 0.240 e. The van der Waals surface area contributed by atoms with E-state index >= 15 is 0 Å². The van der Waals surface area contributed by atoms with E-state index in [0.717, 1.165) is 42.5 Å². The summed E-state index contributed by atoms with van der Waals surface area (Å²) in [6, 6.07) is 3.54. The molecular weight excluding hydrogens is 348 g/mol. The third-order valence-corrected chi connectivity index (χ3v) is 7.54. The molecule has 0 radical (unpaired) electrons. The molecule has 2 aliphatic heterocycles. The third-order valence-electron chi connectivity index (χ3n) is 6.04. The topological polar surface area (TPSA) is 66.5 Å². The third kappa shape index (κ3) is 3.18. The molecule has 142 valence electrons. The van der Waals surface area contributed by atoms with Gasteiger partial charge in [-0.05, 0) is 66.7 Å². The molecule has 1 saturated carbocycles. The van der Waals surface area contributed by atoms with Gasteiger partial charge in [-0.25, -0.2) is 13.1 Å². The predicted molar refractivity (Wildman–Crippen MR) is 102 cm³/mol. The minimum atomic E-state index is -3.55. The highest BCUT2D eigenvalue weighted by Gasteiger charge is 2.36. The van der Waals surface area contributed by atoms with E-state index in [-0.39, 0.29) is 17.4 Å². The fourth-order valence-electron chi connectivity index (χ4n) is 5.30. The van der Waals surface area contributed by atoms with Crippen LogP contribution >= 0.6 is 0 Å². The van der Waals surface area contributed by atoms with E-state index in [0.29, 0.717) is 30.2 Å². The fraction of sp³-hybridized carbons (Fsp3) is 0.650. The van der Waals surface area contributed by atoms with Gasteiger partial charge in [0, 0.05) is 19.0 Å². The van der Waals surface area contributed by atoms with E-state index in [9.17, 15) is 13.2 Å². The van der Waals surface area contributed by atoms with Crippen molar-refractivity contribution in [1.82, 2.24) is 4.72 Å². The second kappa shape index (κ2) is 6.06. The molecule has 1 aromatic carbocycles. The van der Waals surface area contributed by atoms with Crippen LogP contribution in [0.3, 0.4) is 0 Å². The number of sulfonamides is 1. The first-order valence-corrected chi connectivity index (χ1v) is 11.1. The second-order valence-electron chi connectivity index (χ2n) is 9.12. The number of carbonyl (C=O) groups is 1. The van der Waals surface area contributed by atoms with Gasteiger partial charge in [-0.15, -0.1) is 0 Å². The van der Waals surface area contributed by atoms with E-state index in [4.69, 9.17) is 0 Å². The molecule has 3 aliphatic rings. The number of amides is 1. The minimum absolute atomic E-state index is 0.0126. The smallest absolute Gasteiger partial charge is 0.240 e. The zero-order chi connectivity index (χ0) is 18.7. The van der Waals surface area contributed by atoms with Gasteiger partial charge in [0.1, 0.15) is 0 Å². The lowest BCUT2D eigenvalue weighted by Crippen LogP contribution is -2.43. The Bertz CT molecular complexity index is 860. The van der Waals surface area contributed by atoms with Crippen molar-refractivity contribution in [3.63, 3.8) is 0 Å². The lowest BCUT2D eigenvalue weighted by atomic mass is 9.71. The average molecular weight is 377 g/mol. The first kappa shape index (κ1) is 18.0. The van der Waals surface area contributed by atoms with Crippen LogP contribution in [0.1, 0.15) is 57.6 Å². The van der Waals surface area contributed by atoms with Gasteiger partial charge in [-0.2, -0.15) is 0 Å². The Kier molecular flexibility index (Phi) is 4.19. The molecule has 0 saturated heterocycles. The lowest BCUT2D eigenvalue weighted by molar-refractivity contribution is -0.118. The molecule has 0 bridgehead atoms. The van der Waals surface area contributed by atoms with E-state index in [1.54, 1.807) is 12.1 Å². The van der Waals surface area contributed by atoms with Crippen molar-refractivity contribution >= 4 is 21.6 Å². The molecule has 1 N–H and O–H groups in total. The van der Waals surface area contributed by atoms with Crippen molar-refractivity contribution in [2.45, 2.75) is 70.2 Å². The van der Waals surface area contributed by atoms with Crippen LogP contribution in [0.15, 0.2) is 17.0 Å². The van der Waals surface area contributed by atoms with Crippen molar-refractivity contribution in [3.8, 4) is 0 Å². The van der Waals surface area contributed by atoms with Crippen molar-refractivity contribution in [2.24, 2.45) is 11.3 Å². The van der Waals surface area contributed by atoms with E-state index < -0.39 is 10.0 Å². The normalized spacial score (nSPS) is 27.5. The summed E-state index contributed by atoms with van der Waals surface area (Å²) < 4.78 is 29.1. The van der Waals surface area contributed by atoms with E-state index in [1.807, 2.05) is 4.90 Å². The van der Waals surface area contributed by atoms with E-state index in [2.05, 4.69) is 25.5 Å². The summed E-state index contributed by atoms with van der Waals surface area (Å²) in [5, 5.41) is 0. The molecule has 1 aromatic rings. The molecule has 4 rings (SSSR count). The highest BCUT2D eigenvalue weighted by molar-refractivity contribution is 7.89. The molecule has 6 heteroatoms. The van der Waals surface area contributed by atoms with Crippen LogP contribution in [0.2, 0.25) is 0 Å². The van der Waals surface area contributed by atoms with Crippen molar-refractivity contribution in [1.29, 1.82) is 0 Å². The minimum Gasteiger partial charge on any atom is -0.312 e. The zero-order valence-electron chi connectivity index (χ0n) is 15.8. The average Bonchev–Trinajstić information content (AvgIpc) is 2.93. The molecule has 2 heterocycles. The molecular formula is C20H28N2O3S. The fourth-order valence-corrected chi connectivity index (χ4v) is 6.65. The van der Waals surface area contributed by atoms with E-state index in [1.165, 1.54) is 0 Å². The number of anilines is 1. The number of benzene rings is 1. The first-order valence-electron chi connectivity index (χ1n) is 9.63. The summed E-state index contributed by atoms with van der Waals surface area (Å²) in [5.41, 5.74) is 3.12. The summed E-state index contributed by atoms with van der Waals surface area (Å²) in [7, 11) is -3.55. The Balaban J connectivity index is 1.62. The number of hydrogen-bond donors (Lipinski definition) is 1. The Morgan fingerprint density at radius 1 is 1.12 bits per heavy atom. The highest BCUT2D eigenvalue weighted by atomic mass is 32.2. The van der Waals surface area contributed by atoms with Gasteiger partial charge >= 0.3 is 0 Å². The van der Waals surface area contributed by atoms with Crippen molar-refractivity contribution in [2.75, 3.05) is 11.4 Å². The van der Waals surface area contributed by atoms with Gasteiger partial charge in [-0.1, -0.05) is 20.8 Å². The summed E-state index contributed by atoms with van der Waals surface area (Å²) in [6.07, 6.45) is 4.74. The quantitative estimate of drug-likeness (QED) is 0.882. The van der Waals surface area contributed by atoms with Crippen LogP contribution in [0.25, 0.3) is 0 Å². The summed E-state index contributed by atoms with van der Waals surface area (Å²) >= 11 is 0. The number of nitrogens with zero attached hydrogens (tertiary/aromatic N) is 1. The Morgan fingerprint density at radius 3 is 2.50 bits per heavy atom. The molecule has 1 aliphatic carbocycles. The summed E-state index contributed by atoms with van der Waals surface area (Å²) in [6.45, 7) is 7.31. The Labute approximate surface area is 156 Å². The monoisotopic (exact) mass is 376 g/mol. The Morgan fingerprint density at radius 2 is 1.81 bits per heavy atom. The van der Waals surface area contributed by atoms with Crippen LogP contribution in [0.5, 0.6) is 0 Å². The lowest BCUT2D eigenvalue weighted by Gasteiger charge is -2.39. The molecule has 1 fully saturated rings. The summed E-state index contributed by atoms with van der Waals surface area (Å²) in [4.78, 5) is 14.2. The van der Waals surface area contributed by atoms with Gasteiger partial charge in [0.2, 0.25) is 15.9 Å². The van der Waals surface area contributed by atoms with Crippen LogP contribution in [0, 0.1) is 11.3 Å². The van der Waals surface area contributed by atoms with Crippen LogP contribution in [-0.2, 0) is 27.7 Å². The number of hydrogen-bond acceptors (Lipinski definition) is 3. The maximum atomic E-state index is 13.1. The van der Waals surface area contributed by atoms with Crippen LogP contribution in [-0.4, -0.2) is 26.9 Å². The first-order chi connectivity index (χ1) is 12.1. The second-order valence-corrected chi connectivity index (χ2v) is 10.8. The molecule has 26 heavy (non-hydrogen) atoms. The number of rotatable bonds is 3. The van der Waals surface area contributed by atoms with Gasteiger partial charge in [0.05, 0.1) is 10.6 Å².